The van der Waals surface area contributed by atoms with Crippen LogP contribution in [0.4, 0.5) is 0 Å². The van der Waals surface area contributed by atoms with Crippen LogP contribution in [-0.2, 0) is 25.9 Å². The first-order chi connectivity index (χ1) is 13.1. The van der Waals surface area contributed by atoms with Crippen molar-refractivity contribution in [3.05, 3.63) is 46.8 Å². The molecule has 2 N–H and O–H groups in total. The monoisotopic (exact) mass is 500 g/mol. The second kappa shape index (κ2) is 12.6. The molecular formula is C21H33IN4O2. The lowest BCUT2D eigenvalue weighted by Crippen LogP contribution is -2.37. The molecule has 0 spiro atoms. The summed E-state index contributed by atoms with van der Waals surface area (Å²) < 4.78 is 11.1. The molecule has 0 radical (unpaired) electrons. The number of hydrogen-bond donors (Lipinski definition) is 2. The minimum Gasteiger partial charge on any atom is -0.491 e. The number of rotatable bonds is 9. The summed E-state index contributed by atoms with van der Waals surface area (Å²) in [6, 6.07) is 8.08. The first kappa shape index (κ1) is 24.3. The molecule has 0 saturated carbocycles. The highest BCUT2D eigenvalue weighted by molar-refractivity contribution is 14.0. The van der Waals surface area contributed by atoms with Crippen molar-refractivity contribution in [2.75, 3.05) is 6.54 Å². The van der Waals surface area contributed by atoms with Gasteiger partial charge in [-0.3, -0.25) is 0 Å². The van der Waals surface area contributed by atoms with E-state index in [9.17, 15) is 0 Å². The normalized spacial score (nSPS) is 11.3. The van der Waals surface area contributed by atoms with Crippen LogP contribution in [0.5, 0.6) is 5.75 Å². The third-order valence-corrected chi connectivity index (χ3v) is 4.10. The molecule has 0 bridgehead atoms. The highest BCUT2D eigenvalue weighted by Crippen LogP contribution is 2.16. The first-order valence-corrected chi connectivity index (χ1v) is 9.81. The lowest BCUT2D eigenvalue weighted by Gasteiger charge is -2.12. The van der Waals surface area contributed by atoms with Gasteiger partial charge in [-0.1, -0.05) is 31.1 Å². The fourth-order valence-electron chi connectivity index (χ4n) is 2.77. The van der Waals surface area contributed by atoms with E-state index >= 15 is 0 Å². The van der Waals surface area contributed by atoms with Crippen molar-refractivity contribution in [3.63, 3.8) is 0 Å². The van der Waals surface area contributed by atoms with Gasteiger partial charge in [-0.2, -0.15) is 0 Å². The van der Waals surface area contributed by atoms with E-state index in [0.29, 0.717) is 13.1 Å². The summed E-state index contributed by atoms with van der Waals surface area (Å²) in [5.74, 6) is 2.61. The van der Waals surface area contributed by atoms with Gasteiger partial charge >= 0.3 is 0 Å². The number of ether oxygens (including phenoxy) is 1. The molecule has 28 heavy (non-hydrogen) atoms. The van der Waals surface area contributed by atoms with E-state index in [-0.39, 0.29) is 30.1 Å². The maximum absolute atomic E-state index is 5.68. The summed E-state index contributed by atoms with van der Waals surface area (Å²) in [6.45, 7) is 12.3. The number of hydrogen-bond acceptors (Lipinski definition) is 4. The fraction of sp³-hybridized carbons (Fsp3) is 0.524. The van der Waals surface area contributed by atoms with Crippen LogP contribution in [-0.4, -0.2) is 23.8 Å². The summed E-state index contributed by atoms with van der Waals surface area (Å²) in [5.41, 5.74) is 3.29. The first-order valence-electron chi connectivity index (χ1n) is 9.81. The molecule has 6 nitrogen and oxygen atoms in total. The Kier molecular flexibility index (Phi) is 11.0. The minimum atomic E-state index is 0. The minimum absolute atomic E-state index is 0. The summed E-state index contributed by atoms with van der Waals surface area (Å²) in [4.78, 5) is 4.69. The van der Waals surface area contributed by atoms with Crippen LogP contribution >= 0.6 is 24.0 Å². The van der Waals surface area contributed by atoms with Gasteiger partial charge in [0.1, 0.15) is 11.5 Å². The third-order valence-electron chi connectivity index (χ3n) is 4.10. The Morgan fingerprint density at radius 3 is 2.39 bits per heavy atom. The molecule has 0 saturated heterocycles. The Bertz CT molecular complexity index is 705. The number of aliphatic imine (C=N–C) groups is 1. The molecule has 0 aliphatic rings. The number of halogens is 1. The lowest BCUT2D eigenvalue weighted by atomic mass is 10.1. The quantitative estimate of drug-likeness (QED) is 0.302. The van der Waals surface area contributed by atoms with Crippen molar-refractivity contribution < 1.29 is 9.26 Å². The van der Waals surface area contributed by atoms with Crippen molar-refractivity contribution in [2.45, 2.75) is 66.7 Å². The maximum Gasteiger partial charge on any atom is 0.191 e. The Hall–Kier alpha value is -1.77. The van der Waals surface area contributed by atoms with Crippen LogP contribution in [0.2, 0.25) is 0 Å². The van der Waals surface area contributed by atoms with Crippen LogP contribution in [0.25, 0.3) is 0 Å². The highest BCUT2D eigenvalue weighted by Gasteiger charge is 2.13. The van der Waals surface area contributed by atoms with E-state index in [1.54, 1.807) is 0 Å². The van der Waals surface area contributed by atoms with Crippen molar-refractivity contribution in [1.29, 1.82) is 0 Å². The molecule has 0 aliphatic heterocycles. The molecule has 0 unspecified atom stereocenters. The van der Waals surface area contributed by atoms with E-state index in [2.05, 4.69) is 53.7 Å². The van der Waals surface area contributed by atoms with Gasteiger partial charge in [0, 0.05) is 25.1 Å². The largest absolute Gasteiger partial charge is 0.491 e. The number of benzene rings is 1. The van der Waals surface area contributed by atoms with Gasteiger partial charge in [0.05, 0.1) is 18.3 Å². The van der Waals surface area contributed by atoms with Crippen LogP contribution in [0.1, 0.15) is 57.2 Å². The van der Waals surface area contributed by atoms with E-state index in [4.69, 9.17) is 9.26 Å². The molecule has 0 fully saturated rings. The zero-order valence-corrected chi connectivity index (χ0v) is 19.9. The van der Waals surface area contributed by atoms with E-state index in [1.807, 2.05) is 26.0 Å². The molecule has 2 rings (SSSR count). The van der Waals surface area contributed by atoms with Gasteiger partial charge in [-0.15, -0.1) is 24.0 Å². The van der Waals surface area contributed by atoms with Crippen molar-refractivity contribution in [1.82, 2.24) is 15.8 Å². The standard InChI is InChI=1S/C21H32N4O2.HI/c1-6-19-18(20(7-2)27-25-19)14-24-21(22-8-3)23-13-16-9-11-17(12-10-16)26-15(4)5;/h9-12,15H,6-8,13-14H2,1-5H3,(H2,22,23,24);1H. The molecular weight excluding hydrogens is 467 g/mol. The molecule has 0 atom stereocenters. The smallest absolute Gasteiger partial charge is 0.191 e. The molecule has 156 valence electrons. The van der Waals surface area contributed by atoms with Crippen molar-refractivity contribution in [2.24, 2.45) is 4.99 Å². The number of nitrogens with one attached hydrogen (secondary N) is 2. The van der Waals surface area contributed by atoms with E-state index < -0.39 is 0 Å². The topological polar surface area (TPSA) is 71.7 Å². The second-order valence-corrected chi connectivity index (χ2v) is 6.60. The average molecular weight is 500 g/mol. The zero-order chi connectivity index (χ0) is 19.6. The Labute approximate surface area is 185 Å². The van der Waals surface area contributed by atoms with Gasteiger partial charge in [0.15, 0.2) is 5.96 Å². The lowest BCUT2D eigenvalue weighted by molar-refractivity contribution is 0.242. The molecule has 1 aromatic heterocycles. The summed E-state index contributed by atoms with van der Waals surface area (Å²) >= 11 is 0. The Morgan fingerprint density at radius 1 is 1.11 bits per heavy atom. The van der Waals surface area contributed by atoms with Gasteiger partial charge in [0.2, 0.25) is 0 Å². The summed E-state index contributed by atoms with van der Waals surface area (Å²) in [5, 5.41) is 10.8. The zero-order valence-electron chi connectivity index (χ0n) is 17.5. The molecule has 1 aromatic carbocycles. The number of aryl methyl sites for hydroxylation is 2. The average Bonchev–Trinajstić information content (AvgIpc) is 3.06. The SMILES string of the molecule is CCNC(=NCc1ccc(OC(C)C)cc1)NCc1c(CC)noc1CC.I. The van der Waals surface area contributed by atoms with Crippen LogP contribution < -0.4 is 15.4 Å². The predicted molar refractivity (Wildman–Crippen MR) is 125 cm³/mol. The fourth-order valence-corrected chi connectivity index (χ4v) is 2.77. The molecule has 0 amide bonds. The number of nitrogens with zero attached hydrogens (tertiary/aromatic N) is 2. The number of aromatic nitrogens is 1. The van der Waals surface area contributed by atoms with E-state index in [0.717, 1.165) is 53.7 Å². The van der Waals surface area contributed by atoms with Crippen LogP contribution in [0.15, 0.2) is 33.8 Å². The van der Waals surface area contributed by atoms with Gasteiger partial charge in [-0.05, 0) is 44.9 Å². The number of guanidine groups is 1. The third kappa shape index (κ3) is 7.33. The Morgan fingerprint density at radius 2 is 1.82 bits per heavy atom. The van der Waals surface area contributed by atoms with Gasteiger partial charge in [0.25, 0.3) is 0 Å². The van der Waals surface area contributed by atoms with Gasteiger partial charge < -0.3 is 19.9 Å². The highest BCUT2D eigenvalue weighted by atomic mass is 127. The van der Waals surface area contributed by atoms with Gasteiger partial charge in [-0.25, -0.2) is 4.99 Å². The predicted octanol–water partition coefficient (Wildman–Crippen LogP) is 4.46. The summed E-state index contributed by atoms with van der Waals surface area (Å²) in [6.07, 6.45) is 1.87. The van der Waals surface area contributed by atoms with Crippen molar-refractivity contribution >= 4 is 29.9 Å². The van der Waals surface area contributed by atoms with E-state index in [1.165, 1.54) is 0 Å². The molecule has 1 heterocycles. The maximum atomic E-state index is 5.68. The Balaban J connectivity index is 0.00000392. The molecule has 2 aromatic rings. The van der Waals surface area contributed by atoms with Crippen molar-refractivity contribution in [3.8, 4) is 5.75 Å². The second-order valence-electron chi connectivity index (χ2n) is 6.60. The summed E-state index contributed by atoms with van der Waals surface area (Å²) in [7, 11) is 0. The molecule has 0 aliphatic carbocycles. The van der Waals surface area contributed by atoms with Crippen LogP contribution in [0.3, 0.4) is 0 Å². The molecule has 7 heteroatoms. The van der Waals surface area contributed by atoms with Crippen LogP contribution in [0, 0.1) is 0 Å².